The maximum atomic E-state index is 12.6. The first kappa shape index (κ1) is 17.2. The maximum absolute atomic E-state index is 12.6. The van der Waals surface area contributed by atoms with Gasteiger partial charge in [0.25, 0.3) is 11.8 Å². The third kappa shape index (κ3) is 3.15. The molecule has 0 saturated carbocycles. The molecule has 24 heavy (non-hydrogen) atoms. The average molecular weight is 402 g/mol. The van der Waals surface area contributed by atoms with Gasteiger partial charge in [0.05, 0.1) is 16.4 Å². The molecule has 2 aromatic carbocycles. The molecule has 0 spiro atoms. The minimum Gasteiger partial charge on any atom is -0.272 e. The van der Waals surface area contributed by atoms with Crippen LogP contribution in [0.5, 0.6) is 0 Å². The van der Waals surface area contributed by atoms with E-state index >= 15 is 0 Å². The second-order valence-corrected chi connectivity index (χ2v) is 6.63. The Morgan fingerprint density at radius 2 is 1.54 bits per heavy atom. The van der Waals surface area contributed by atoms with Gasteiger partial charge >= 0.3 is 0 Å². The van der Waals surface area contributed by atoms with Gasteiger partial charge in [0.15, 0.2) is 5.38 Å². The number of imide groups is 1. The Morgan fingerprint density at radius 1 is 0.917 bits per heavy atom. The van der Waals surface area contributed by atoms with Crippen molar-refractivity contribution >= 4 is 75.3 Å². The van der Waals surface area contributed by atoms with Crippen LogP contribution >= 0.6 is 46.4 Å². The summed E-state index contributed by atoms with van der Waals surface area (Å²) in [5.74, 6) is -1.24. The predicted molar refractivity (Wildman–Crippen MR) is 97.1 cm³/mol. The van der Waals surface area contributed by atoms with Crippen LogP contribution in [0, 0.1) is 0 Å². The molecule has 8 heteroatoms. The standard InChI is InChI=1S/C16H8Cl4N2O2/c17-8-1-4-10(5-2-8)21-14-13(20)15(23)22(16(14)24)12-6-3-9(18)7-11(12)19/h1-7,13H. The molecule has 1 unspecified atom stereocenters. The molecule has 2 amide bonds. The molecule has 1 aliphatic rings. The Kier molecular flexibility index (Phi) is 4.83. The number of hydrogen-bond donors (Lipinski definition) is 0. The first-order chi connectivity index (χ1) is 11.4. The molecular weight excluding hydrogens is 394 g/mol. The normalized spacial score (nSPS) is 19.4. The van der Waals surface area contributed by atoms with Gasteiger partial charge in [0.1, 0.15) is 5.71 Å². The fourth-order valence-corrected chi connectivity index (χ4v) is 3.06. The molecule has 2 aromatic rings. The zero-order valence-corrected chi connectivity index (χ0v) is 14.9. The van der Waals surface area contributed by atoms with Crippen molar-refractivity contribution < 1.29 is 9.59 Å². The van der Waals surface area contributed by atoms with Crippen LogP contribution < -0.4 is 4.90 Å². The number of alkyl halides is 1. The van der Waals surface area contributed by atoms with Crippen molar-refractivity contribution in [3.05, 3.63) is 57.5 Å². The lowest BCUT2D eigenvalue weighted by atomic mass is 10.2. The number of aliphatic imine (C=N–C) groups is 1. The van der Waals surface area contributed by atoms with Crippen LogP contribution in [0.25, 0.3) is 0 Å². The molecule has 4 nitrogen and oxygen atoms in total. The zero-order chi connectivity index (χ0) is 17.4. The van der Waals surface area contributed by atoms with E-state index < -0.39 is 17.2 Å². The van der Waals surface area contributed by atoms with E-state index in [1.165, 1.54) is 18.2 Å². The molecule has 0 bridgehead atoms. The van der Waals surface area contributed by atoms with Gasteiger partial charge in [0.2, 0.25) is 0 Å². The summed E-state index contributed by atoms with van der Waals surface area (Å²) < 4.78 is 0. The summed E-state index contributed by atoms with van der Waals surface area (Å²) in [6.07, 6.45) is 0. The maximum Gasteiger partial charge on any atom is 0.281 e. The van der Waals surface area contributed by atoms with E-state index in [-0.39, 0.29) is 16.4 Å². The van der Waals surface area contributed by atoms with Crippen molar-refractivity contribution in [3.8, 4) is 0 Å². The van der Waals surface area contributed by atoms with E-state index in [1.807, 2.05) is 0 Å². The lowest BCUT2D eigenvalue weighted by molar-refractivity contribution is -0.120. The van der Waals surface area contributed by atoms with Crippen LogP contribution in [0.2, 0.25) is 15.1 Å². The summed E-state index contributed by atoms with van der Waals surface area (Å²) in [5.41, 5.74) is 0.600. The molecule has 0 N–H and O–H groups in total. The summed E-state index contributed by atoms with van der Waals surface area (Å²) in [6.45, 7) is 0. The zero-order valence-electron chi connectivity index (χ0n) is 11.8. The highest BCUT2D eigenvalue weighted by Crippen LogP contribution is 2.33. The Labute approximate surface area is 157 Å². The van der Waals surface area contributed by atoms with Crippen LogP contribution in [0.3, 0.4) is 0 Å². The van der Waals surface area contributed by atoms with E-state index in [4.69, 9.17) is 46.4 Å². The lowest BCUT2D eigenvalue weighted by Crippen LogP contribution is -2.31. The van der Waals surface area contributed by atoms with Crippen molar-refractivity contribution in [2.24, 2.45) is 4.99 Å². The van der Waals surface area contributed by atoms with Crippen LogP contribution in [0.4, 0.5) is 11.4 Å². The molecule has 1 heterocycles. The monoisotopic (exact) mass is 400 g/mol. The van der Waals surface area contributed by atoms with Crippen molar-refractivity contribution in [1.82, 2.24) is 0 Å². The van der Waals surface area contributed by atoms with E-state index in [0.717, 1.165) is 4.90 Å². The highest BCUT2D eigenvalue weighted by atomic mass is 35.5. The second kappa shape index (κ2) is 6.73. The van der Waals surface area contributed by atoms with Crippen LogP contribution in [-0.2, 0) is 9.59 Å². The summed E-state index contributed by atoms with van der Waals surface area (Å²) in [7, 11) is 0. The predicted octanol–water partition coefficient (Wildman–Crippen LogP) is 4.90. The number of anilines is 1. The number of rotatable bonds is 2. The van der Waals surface area contributed by atoms with Gasteiger partial charge in [-0.2, -0.15) is 0 Å². The Bertz CT molecular complexity index is 865. The molecule has 122 valence electrons. The molecular formula is C16H8Cl4N2O2. The van der Waals surface area contributed by atoms with Gasteiger partial charge in [-0.3, -0.25) is 9.59 Å². The van der Waals surface area contributed by atoms with E-state index in [0.29, 0.717) is 15.7 Å². The summed E-state index contributed by atoms with van der Waals surface area (Å²) in [6, 6.07) is 10.9. The van der Waals surface area contributed by atoms with E-state index in [9.17, 15) is 9.59 Å². The van der Waals surface area contributed by atoms with Crippen molar-refractivity contribution in [2.45, 2.75) is 5.38 Å². The Morgan fingerprint density at radius 3 is 2.17 bits per heavy atom. The highest BCUT2D eigenvalue weighted by molar-refractivity contribution is 6.69. The first-order valence-corrected chi connectivity index (χ1v) is 8.27. The minimum absolute atomic E-state index is 0.0741. The molecule has 0 aliphatic carbocycles. The fraction of sp³-hybridized carbons (Fsp3) is 0.0625. The van der Waals surface area contributed by atoms with Gasteiger partial charge < -0.3 is 0 Å². The first-order valence-electron chi connectivity index (χ1n) is 6.70. The number of carbonyl (C=O) groups excluding carboxylic acids is 2. The number of carbonyl (C=O) groups is 2. The summed E-state index contributed by atoms with van der Waals surface area (Å²) >= 11 is 23.8. The topological polar surface area (TPSA) is 49.7 Å². The number of halogens is 4. The second-order valence-electron chi connectivity index (χ2n) is 4.91. The van der Waals surface area contributed by atoms with Crippen LogP contribution in [0.15, 0.2) is 47.5 Å². The van der Waals surface area contributed by atoms with Crippen molar-refractivity contribution in [2.75, 3.05) is 4.90 Å². The molecule has 0 aromatic heterocycles. The number of benzene rings is 2. The number of nitrogens with zero attached hydrogens (tertiary/aromatic N) is 2. The lowest BCUT2D eigenvalue weighted by Gasteiger charge is -2.15. The molecule has 1 aliphatic heterocycles. The average Bonchev–Trinajstić information content (AvgIpc) is 2.74. The molecule has 1 fully saturated rings. The molecule has 1 atom stereocenters. The quantitative estimate of drug-likeness (QED) is 0.530. The number of hydrogen-bond acceptors (Lipinski definition) is 3. The third-order valence-electron chi connectivity index (χ3n) is 3.33. The van der Waals surface area contributed by atoms with Crippen LogP contribution in [0.1, 0.15) is 0 Å². The SMILES string of the molecule is O=C1C(=Nc2ccc(Cl)cc2)C(Cl)C(=O)N1c1ccc(Cl)cc1Cl. The van der Waals surface area contributed by atoms with Gasteiger partial charge in [-0.05, 0) is 42.5 Å². The van der Waals surface area contributed by atoms with Gasteiger partial charge in [-0.1, -0.05) is 34.8 Å². The van der Waals surface area contributed by atoms with E-state index in [1.54, 1.807) is 24.3 Å². The highest BCUT2D eigenvalue weighted by Gasteiger charge is 2.45. The minimum atomic E-state index is -1.19. The number of amides is 2. The third-order valence-corrected chi connectivity index (χ3v) is 4.51. The Hall–Kier alpha value is -1.59. The summed E-state index contributed by atoms with van der Waals surface area (Å²) in [4.78, 5) is 30.1. The molecule has 0 radical (unpaired) electrons. The van der Waals surface area contributed by atoms with Gasteiger partial charge in [0, 0.05) is 10.0 Å². The smallest absolute Gasteiger partial charge is 0.272 e. The largest absolute Gasteiger partial charge is 0.281 e. The van der Waals surface area contributed by atoms with Crippen LogP contribution in [-0.4, -0.2) is 22.9 Å². The van der Waals surface area contributed by atoms with Crippen molar-refractivity contribution in [1.29, 1.82) is 0 Å². The van der Waals surface area contributed by atoms with E-state index in [2.05, 4.69) is 4.99 Å². The van der Waals surface area contributed by atoms with Gasteiger partial charge in [-0.15, -0.1) is 11.6 Å². The van der Waals surface area contributed by atoms with Crippen molar-refractivity contribution in [3.63, 3.8) is 0 Å². The molecule has 3 rings (SSSR count). The fourth-order valence-electron chi connectivity index (χ4n) is 2.20. The summed E-state index contributed by atoms with van der Waals surface area (Å²) in [5, 5.41) is -0.106. The molecule has 1 saturated heterocycles. The Balaban J connectivity index is 2.01. The van der Waals surface area contributed by atoms with Gasteiger partial charge in [-0.25, -0.2) is 9.89 Å².